The highest BCUT2D eigenvalue weighted by molar-refractivity contribution is 6.15. The van der Waals surface area contributed by atoms with Crippen LogP contribution in [0.15, 0.2) is 66.7 Å². The molecule has 6 nitrogen and oxygen atoms in total. The molecule has 0 bridgehead atoms. The van der Waals surface area contributed by atoms with Crippen LogP contribution >= 0.6 is 0 Å². The lowest BCUT2D eigenvalue weighted by molar-refractivity contribution is 0.0731. The minimum atomic E-state index is -0.557. The lowest BCUT2D eigenvalue weighted by Crippen LogP contribution is -2.10. The van der Waals surface area contributed by atoms with Gasteiger partial charge >= 0.3 is 5.97 Å². The molecule has 0 unspecified atom stereocenters. The number of rotatable bonds is 4. The van der Waals surface area contributed by atoms with Gasteiger partial charge in [0.05, 0.1) is 12.7 Å². The van der Waals surface area contributed by atoms with Crippen LogP contribution in [0.1, 0.15) is 31.8 Å². The smallest absolute Gasteiger partial charge is 0.347 e. The van der Waals surface area contributed by atoms with E-state index in [1.165, 1.54) is 7.11 Å². The van der Waals surface area contributed by atoms with Crippen LogP contribution in [0.25, 0.3) is 6.08 Å². The molecule has 0 N–H and O–H groups in total. The number of esters is 1. The number of aromatic nitrogens is 1. The first-order valence-electron chi connectivity index (χ1n) is 8.91. The summed E-state index contributed by atoms with van der Waals surface area (Å²) in [4.78, 5) is 29.2. The van der Waals surface area contributed by atoms with E-state index in [2.05, 4.69) is 4.98 Å². The molecule has 0 fully saturated rings. The van der Waals surface area contributed by atoms with Gasteiger partial charge in [-0.2, -0.15) is 0 Å². The van der Waals surface area contributed by atoms with Crippen molar-refractivity contribution in [3.63, 3.8) is 0 Å². The fourth-order valence-electron chi connectivity index (χ4n) is 3.12. The highest BCUT2D eigenvalue weighted by atomic mass is 16.5. The van der Waals surface area contributed by atoms with Crippen molar-refractivity contribution in [1.29, 1.82) is 0 Å². The van der Waals surface area contributed by atoms with E-state index in [-0.39, 0.29) is 17.3 Å². The quantitative estimate of drug-likeness (QED) is 0.379. The molecule has 1 aromatic heterocycles. The summed E-state index contributed by atoms with van der Waals surface area (Å²) in [7, 11) is 1.49. The number of ether oxygens (including phenoxy) is 3. The number of fused-ring (bicyclic) bond motifs is 1. The minimum Gasteiger partial charge on any atom is -0.496 e. The van der Waals surface area contributed by atoms with Gasteiger partial charge in [-0.25, -0.2) is 4.79 Å². The predicted octanol–water partition coefficient (Wildman–Crippen LogP) is 4.23. The Kier molecular flexibility index (Phi) is 4.83. The van der Waals surface area contributed by atoms with E-state index >= 15 is 0 Å². The van der Waals surface area contributed by atoms with Crippen LogP contribution in [0.2, 0.25) is 0 Å². The summed E-state index contributed by atoms with van der Waals surface area (Å²) in [6.45, 7) is 1.77. The summed E-state index contributed by atoms with van der Waals surface area (Å²) in [5.74, 6) is 0.510. The Morgan fingerprint density at radius 3 is 2.62 bits per heavy atom. The third kappa shape index (κ3) is 3.60. The highest BCUT2D eigenvalue weighted by Gasteiger charge is 2.30. The molecule has 0 amide bonds. The number of carbonyl (C=O) groups excluding carboxylic acids is 2. The maximum Gasteiger partial charge on any atom is 0.347 e. The maximum absolute atomic E-state index is 12.7. The van der Waals surface area contributed by atoms with Crippen LogP contribution in [-0.2, 0) is 0 Å². The zero-order valence-corrected chi connectivity index (χ0v) is 15.8. The lowest BCUT2D eigenvalue weighted by atomic mass is 10.0. The Morgan fingerprint density at radius 1 is 1.10 bits per heavy atom. The van der Waals surface area contributed by atoms with Crippen molar-refractivity contribution in [3.8, 4) is 17.2 Å². The number of pyridine rings is 1. The van der Waals surface area contributed by atoms with Crippen molar-refractivity contribution in [2.24, 2.45) is 0 Å². The van der Waals surface area contributed by atoms with Crippen LogP contribution in [0.3, 0.4) is 0 Å². The first kappa shape index (κ1) is 18.4. The molecule has 2 aromatic carbocycles. The van der Waals surface area contributed by atoms with Crippen LogP contribution in [0, 0.1) is 6.92 Å². The van der Waals surface area contributed by atoms with Gasteiger partial charge in [-0.3, -0.25) is 9.78 Å². The van der Waals surface area contributed by atoms with Gasteiger partial charge in [-0.05, 0) is 54.5 Å². The molecule has 1 aliphatic heterocycles. The second-order valence-corrected chi connectivity index (χ2v) is 6.42. The monoisotopic (exact) mass is 387 g/mol. The molecule has 6 heteroatoms. The molecule has 0 aliphatic carbocycles. The number of benzene rings is 2. The average molecular weight is 387 g/mol. The van der Waals surface area contributed by atoms with Gasteiger partial charge in [0, 0.05) is 18.5 Å². The number of aryl methyl sites for hydroxylation is 1. The largest absolute Gasteiger partial charge is 0.496 e. The number of nitrogens with zero attached hydrogens (tertiary/aromatic N) is 1. The summed E-state index contributed by atoms with van der Waals surface area (Å²) in [6, 6.07) is 13.5. The van der Waals surface area contributed by atoms with Crippen LogP contribution in [0.5, 0.6) is 17.2 Å². The van der Waals surface area contributed by atoms with Gasteiger partial charge in [0.2, 0.25) is 5.78 Å². The third-order valence-corrected chi connectivity index (χ3v) is 4.48. The van der Waals surface area contributed by atoms with Gasteiger partial charge in [0.25, 0.3) is 0 Å². The minimum absolute atomic E-state index is 0.211. The molecule has 2 heterocycles. The third-order valence-electron chi connectivity index (χ3n) is 4.48. The number of carbonyl (C=O) groups is 2. The Bertz CT molecular complexity index is 1140. The van der Waals surface area contributed by atoms with Crippen LogP contribution in [-0.4, -0.2) is 23.8 Å². The van der Waals surface area contributed by atoms with Gasteiger partial charge < -0.3 is 14.2 Å². The molecule has 0 saturated heterocycles. The summed E-state index contributed by atoms with van der Waals surface area (Å²) in [5.41, 5.74) is 2.23. The van der Waals surface area contributed by atoms with Crippen molar-refractivity contribution in [2.75, 3.05) is 7.11 Å². The van der Waals surface area contributed by atoms with Crippen LogP contribution in [0.4, 0.5) is 0 Å². The lowest BCUT2D eigenvalue weighted by Gasteiger charge is -2.10. The summed E-state index contributed by atoms with van der Waals surface area (Å²) >= 11 is 0. The van der Waals surface area contributed by atoms with E-state index in [1.54, 1.807) is 73.9 Å². The predicted molar refractivity (Wildman–Crippen MR) is 106 cm³/mol. The van der Waals surface area contributed by atoms with E-state index in [9.17, 15) is 9.59 Å². The van der Waals surface area contributed by atoms with Gasteiger partial charge in [-0.15, -0.1) is 0 Å². The molecule has 4 rings (SSSR count). The van der Waals surface area contributed by atoms with Gasteiger partial charge in [0.15, 0.2) is 5.76 Å². The second-order valence-electron chi connectivity index (χ2n) is 6.42. The highest BCUT2D eigenvalue weighted by Crippen LogP contribution is 2.37. The molecule has 0 spiro atoms. The van der Waals surface area contributed by atoms with E-state index in [0.717, 1.165) is 5.56 Å². The molecule has 3 aromatic rings. The molecule has 1 aliphatic rings. The summed E-state index contributed by atoms with van der Waals surface area (Å²) in [5, 5.41) is 0. The Hall–Kier alpha value is -3.93. The van der Waals surface area contributed by atoms with E-state index in [4.69, 9.17) is 14.2 Å². The molecule has 0 radical (unpaired) electrons. The topological polar surface area (TPSA) is 74.7 Å². The normalized spacial score (nSPS) is 13.7. The zero-order chi connectivity index (χ0) is 20.4. The SMILES string of the molecule is COc1ccccc1C(=O)Oc1cc(C)c2c(c1)O/C(=C\c1ccncc1)C2=O. The molecule has 29 heavy (non-hydrogen) atoms. The Labute approximate surface area is 167 Å². The van der Waals surface area contributed by atoms with E-state index < -0.39 is 5.97 Å². The maximum atomic E-state index is 12.7. The number of Topliss-reactive ketones (excluding diaryl/α,β-unsaturated/α-hetero) is 1. The molecule has 0 saturated carbocycles. The van der Waals surface area contributed by atoms with E-state index in [1.807, 2.05) is 0 Å². The second kappa shape index (κ2) is 7.59. The van der Waals surface area contributed by atoms with Crippen molar-refractivity contribution in [2.45, 2.75) is 6.92 Å². The first-order valence-corrected chi connectivity index (χ1v) is 8.91. The fourth-order valence-corrected chi connectivity index (χ4v) is 3.12. The summed E-state index contributed by atoms with van der Waals surface area (Å²) in [6.07, 6.45) is 4.93. The number of methoxy groups -OCH3 is 1. The zero-order valence-electron chi connectivity index (χ0n) is 15.8. The molecule has 0 atom stereocenters. The Morgan fingerprint density at radius 2 is 1.86 bits per heavy atom. The van der Waals surface area contributed by atoms with Gasteiger partial charge in [0.1, 0.15) is 22.8 Å². The van der Waals surface area contributed by atoms with Crippen molar-refractivity contribution in [1.82, 2.24) is 4.98 Å². The van der Waals surface area contributed by atoms with Crippen molar-refractivity contribution < 1.29 is 23.8 Å². The van der Waals surface area contributed by atoms with Crippen molar-refractivity contribution in [3.05, 3.63) is 88.9 Å². The number of ketones is 1. The number of allylic oxidation sites excluding steroid dienone is 1. The van der Waals surface area contributed by atoms with Gasteiger partial charge in [-0.1, -0.05) is 12.1 Å². The molecule has 144 valence electrons. The molecular formula is C23H17NO5. The van der Waals surface area contributed by atoms with Crippen molar-refractivity contribution >= 4 is 17.8 Å². The number of hydrogen-bond acceptors (Lipinski definition) is 6. The van der Waals surface area contributed by atoms with Crippen LogP contribution < -0.4 is 14.2 Å². The number of para-hydroxylation sites is 1. The average Bonchev–Trinajstić information content (AvgIpc) is 3.04. The molecular weight excluding hydrogens is 370 g/mol. The number of hydrogen-bond donors (Lipinski definition) is 0. The fraction of sp³-hybridized carbons (Fsp3) is 0.0870. The standard InChI is InChI=1S/C23H17NO5/c1-14-11-16(28-23(26)17-5-3-4-6-18(17)27-2)13-19-21(14)22(25)20(29-19)12-15-7-9-24-10-8-15/h3-13H,1-2H3/b20-12-. The summed E-state index contributed by atoms with van der Waals surface area (Å²) < 4.78 is 16.5. The van der Waals surface area contributed by atoms with E-state index in [0.29, 0.717) is 28.2 Å². The first-order chi connectivity index (χ1) is 14.1. The Balaban J connectivity index is 1.62.